The number of aliphatic imine (C=N–C) groups is 1. The molecule has 0 radical (unpaired) electrons. The van der Waals surface area contributed by atoms with Crippen LogP contribution in [-0.2, 0) is 6.54 Å². The summed E-state index contributed by atoms with van der Waals surface area (Å²) in [5, 5.41) is 6.93. The molecule has 1 saturated heterocycles. The summed E-state index contributed by atoms with van der Waals surface area (Å²) in [6.07, 6.45) is 2.49. The smallest absolute Gasteiger partial charge is 0.191 e. The van der Waals surface area contributed by atoms with Gasteiger partial charge in [0, 0.05) is 20.1 Å². The number of nitrogens with one attached hydrogen (secondary N) is 2. The second-order valence-corrected chi connectivity index (χ2v) is 7.76. The first-order valence-corrected chi connectivity index (χ1v) is 11.3. The molecule has 0 aromatic heterocycles. The predicted molar refractivity (Wildman–Crippen MR) is 144 cm³/mol. The van der Waals surface area contributed by atoms with Gasteiger partial charge in [0.2, 0.25) is 0 Å². The van der Waals surface area contributed by atoms with E-state index in [1.165, 1.54) is 18.4 Å². The Labute approximate surface area is 214 Å². The van der Waals surface area contributed by atoms with Crippen molar-refractivity contribution in [2.75, 3.05) is 47.5 Å². The number of halogens is 1. The van der Waals surface area contributed by atoms with Crippen molar-refractivity contribution in [3.05, 3.63) is 53.6 Å². The van der Waals surface area contributed by atoms with E-state index in [4.69, 9.17) is 14.2 Å². The summed E-state index contributed by atoms with van der Waals surface area (Å²) in [5.74, 6) is 3.15. The fourth-order valence-electron chi connectivity index (χ4n) is 4.06. The van der Waals surface area contributed by atoms with Crippen molar-refractivity contribution in [1.82, 2.24) is 15.5 Å². The van der Waals surface area contributed by atoms with Crippen LogP contribution in [0.15, 0.2) is 47.5 Å². The Balaban J connectivity index is 0.00000385. The lowest BCUT2D eigenvalue weighted by atomic mass is 10.1. The van der Waals surface area contributed by atoms with Crippen LogP contribution in [0.2, 0.25) is 0 Å². The molecule has 1 aliphatic heterocycles. The minimum Gasteiger partial charge on any atom is -0.497 e. The van der Waals surface area contributed by atoms with Gasteiger partial charge in [0.1, 0.15) is 5.75 Å². The van der Waals surface area contributed by atoms with Crippen LogP contribution in [-0.4, -0.2) is 58.4 Å². The quantitative estimate of drug-likeness (QED) is 0.254. The minimum absolute atomic E-state index is 0. The number of guanidine groups is 1. The number of methoxy groups -OCH3 is 2. The third-order valence-electron chi connectivity index (χ3n) is 5.73. The average Bonchev–Trinajstić information content (AvgIpc) is 3.36. The molecule has 0 bridgehead atoms. The van der Waals surface area contributed by atoms with Gasteiger partial charge in [0.15, 0.2) is 17.5 Å². The number of likely N-dealkylation sites (tertiary alicyclic amines) is 1. The average molecular weight is 569 g/mol. The third-order valence-corrected chi connectivity index (χ3v) is 5.73. The molecule has 2 N–H and O–H groups in total. The zero-order chi connectivity index (χ0) is 22.8. The normalized spacial score (nSPS) is 14.8. The topological polar surface area (TPSA) is 67.3 Å². The highest BCUT2D eigenvalue weighted by molar-refractivity contribution is 14.0. The van der Waals surface area contributed by atoms with Crippen LogP contribution in [0.5, 0.6) is 17.2 Å². The van der Waals surface area contributed by atoms with Crippen LogP contribution in [0.1, 0.15) is 36.9 Å². The summed E-state index contributed by atoms with van der Waals surface area (Å²) in [6, 6.07) is 14.6. The van der Waals surface area contributed by atoms with Gasteiger partial charge in [-0.05, 0) is 68.2 Å². The standard InChI is InChI=1S/C25H36N4O3.HI/c1-5-32-24-15-19(11-12-23(24)31-4)17-27-25(26-2)28-18-22(29-13-6-7-14-29)20-9-8-10-21(16-20)30-3;/h8-12,15-16,22H,5-7,13-14,17-18H2,1-4H3,(H2,26,27,28);1H. The molecule has 1 atom stereocenters. The first-order chi connectivity index (χ1) is 15.7. The lowest BCUT2D eigenvalue weighted by Crippen LogP contribution is -2.42. The van der Waals surface area contributed by atoms with E-state index in [0.29, 0.717) is 13.2 Å². The molecule has 0 spiro atoms. The third kappa shape index (κ3) is 7.67. The Hall–Kier alpha value is -2.20. The molecule has 1 unspecified atom stereocenters. The number of hydrogen-bond acceptors (Lipinski definition) is 5. The maximum absolute atomic E-state index is 5.69. The largest absolute Gasteiger partial charge is 0.497 e. The summed E-state index contributed by atoms with van der Waals surface area (Å²) >= 11 is 0. The van der Waals surface area contributed by atoms with Crippen LogP contribution in [0, 0.1) is 0 Å². The zero-order valence-electron chi connectivity index (χ0n) is 20.1. The lowest BCUT2D eigenvalue weighted by Gasteiger charge is -2.29. The monoisotopic (exact) mass is 568 g/mol. The van der Waals surface area contributed by atoms with Crippen LogP contribution in [0.4, 0.5) is 0 Å². The Kier molecular flexibility index (Phi) is 11.6. The molecule has 1 heterocycles. The van der Waals surface area contributed by atoms with Crippen LogP contribution in [0.25, 0.3) is 0 Å². The number of nitrogens with zero attached hydrogens (tertiary/aromatic N) is 2. The van der Waals surface area contributed by atoms with E-state index in [9.17, 15) is 0 Å². The van der Waals surface area contributed by atoms with Crippen LogP contribution >= 0.6 is 24.0 Å². The number of hydrogen-bond donors (Lipinski definition) is 2. The molecule has 7 nitrogen and oxygen atoms in total. The fourth-order valence-corrected chi connectivity index (χ4v) is 4.06. The number of rotatable bonds is 10. The van der Waals surface area contributed by atoms with E-state index in [1.54, 1.807) is 21.3 Å². The van der Waals surface area contributed by atoms with Crippen molar-refractivity contribution in [3.8, 4) is 17.2 Å². The van der Waals surface area contributed by atoms with E-state index >= 15 is 0 Å². The van der Waals surface area contributed by atoms with Crippen molar-refractivity contribution in [1.29, 1.82) is 0 Å². The minimum atomic E-state index is 0. The fraction of sp³-hybridized carbons (Fsp3) is 0.480. The summed E-state index contributed by atoms with van der Waals surface area (Å²) in [6.45, 7) is 6.19. The number of benzene rings is 2. The second kappa shape index (κ2) is 14.1. The van der Waals surface area contributed by atoms with E-state index in [2.05, 4.69) is 38.7 Å². The lowest BCUT2D eigenvalue weighted by molar-refractivity contribution is 0.245. The van der Waals surface area contributed by atoms with E-state index in [0.717, 1.165) is 48.4 Å². The molecular weight excluding hydrogens is 531 g/mol. The Morgan fingerprint density at radius 3 is 2.48 bits per heavy atom. The first-order valence-electron chi connectivity index (χ1n) is 11.3. The molecule has 2 aromatic rings. The molecule has 182 valence electrons. The molecule has 0 amide bonds. The molecule has 3 rings (SSSR count). The molecule has 1 fully saturated rings. The first kappa shape index (κ1) is 27.0. The maximum Gasteiger partial charge on any atom is 0.191 e. The van der Waals surface area contributed by atoms with Gasteiger partial charge >= 0.3 is 0 Å². The maximum atomic E-state index is 5.69. The molecule has 33 heavy (non-hydrogen) atoms. The molecule has 0 saturated carbocycles. The van der Waals surface area contributed by atoms with Crippen molar-refractivity contribution >= 4 is 29.9 Å². The Bertz CT molecular complexity index is 888. The predicted octanol–water partition coefficient (Wildman–Crippen LogP) is 4.22. The van der Waals surface area contributed by atoms with Crippen molar-refractivity contribution in [3.63, 3.8) is 0 Å². The van der Waals surface area contributed by atoms with Crippen molar-refractivity contribution in [2.24, 2.45) is 4.99 Å². The summed E-state index contributed by atoms with van der Waals surface area (Å²) < 4.78 is 16.5. The van der Waals surface area contributed by atoms with Crippen molar-refractivity contribution in [2.45, 2.75) is 32.4 Å². The van der Waals surface area contributed by atoms with E-state index in [-0.39, 0.29) is 30.0 Å². The summed E-state index contributed by atoms with van der Waals surface area (Å²) in [7, 11) is 5.16. The van der Waals surface area contributed by atoms with Crippen molar-refractivity contribution < 1.29 is 14.2 Å². The van der Waals surface area contributed by atoms with Gasteiger partial charge in [-0.3, -0.25) is 9.89 Å². The number of ether oxygens (including phenoxy) is 3. The SMILES string of the molecule is CCOc1cc(CNC(=NC)NCC(c2cccc(OC)c2)N2CCCC2)ccc1OC.I. The molecule has 0 aliphatic carbocycles. The summed E-state index contributed by atoms with van der Waals surface area (Å²) in [5.41, 5.74) is 2.35. The second-order valence-electron chi connectivity index (χ2n) is 7.76. The van der Waals surface area contributed by atoms with E-state index in [1.807, 2.05) is 31.2 Å². The molecule has 8 heteroatoms. The van der Waals surface area contributed by atoms with Gasteiger partial charge in [0.05, 0.1) is 26.9 Å². The Morgan fingerprint density at radius 1 is 1.03 bits per heavy atom. The van der Waals surface area contributed by atoms with Gasteiger partial charge in [-0.2, -0.15) is 0 Å². The molecular formula is C25H37IN4O3. The van der Waals surface area contributed by atoms with Gasteiger partial charge in [-0.1, -0.05) is 18.2 Å². The zero-order valence-corrected chi connectivity index (χ0v) is 22.4. The van der Waals surface area contributed by atoms with Crippen LogP contribution < -0.4 is 24.8 Å². The van der Waals surface area contributed by atoms with Gasteiger partial charge in [0.25, 0.3) is 0 Å². The van der Waals surface area contributed by atoms with Gasteiger partial charge in [-0.25, -0.2) is 0 Å². The highest BCUT2D eigenvalue weighted by Gasteiger charge is 2.24. The highest BCUT2D eigenvalue weighted by atomic mass is 127. The van der Waals surface area contributed by atoms with Gasteiger partial charge < -0.3 is 24.8 Å². The van der Waals surface area contributed by atoms with Crippen LogP contribution in [0.3, 0.4) is 0 Å². The molecule has 2 aromatic carbocycles. The molecule has 1 aliphatic rings. The van der Waals surface area contributed by atoms with E-state index < -0.39 is 0 Å². The summed E-state index contributed by atoms with van der Waals surface area (Å²) in [4.78, 5) is 6.95. The highest BCUT2D eigenvalue weighted by Crippen LogP contribution is 2.28. The van der Waals surface area contributed by atoms with Gasteiger partial charge in [-0.15, -0.1) is 24.0 Å². The Morgan fingerprint density at radius 2 is 1.82 bits per heavy atom.